The molecule has 1 aromatic rings. The van der Waals surface area contributed by atoms with E-state index in [1.165, 1.54) is 44.9 Å². The third-order valence-electron chi connectivity index (χ3n) is 10.5. The quantitative estimate of drug-likeness (QED) is 0.0399. The zero-order valence-corrected chi connectivity index (χ0v) is 35.8. The first-order valence-corrected chi connectivity index (χ1v) is 22.6. The van der Waals surface area contributed by atoms with Crippen LogP contribution in [0.5, 0.6) is 0 Å². The second-order valence-corrected chi connectivity index (χ2v) is 15.9. The van der Waals surface area contributed by atoms with Gasteiger partial charge in [-0.3, -0.25) is 19.2 Å². The average molecular weight is 762 g/mol. The predicted octanol–water partition coefficient (Wildman–Crippen LogP) is 10.5. The number of nitrogens with zero attached hydrogens (tertiary/aromatic N) is 2. The van der Waals surface area contributed by atoms with Crippen LogP contribution < -0.4 is 21.1 Å². The molecule has 0 saturated heterocycles. The van der Waals surface area contributed by atoms with E-state index < -0.39 is 5.43 Å². The highest BCUT2D eigenvalue weighted by molar-refractivity contribution is 5.75. The molecular weight excluding hydrogens is 679 g/mol. The van der Waals surface area contributed by atoms with E-state index in [4.69, 9.17) is 9.47 Å². The first kappa shape index (κ1) is 49.6. The maximum absolute atomic E-state index is 12.9. The van der Waals surface area contributed by atoms with Crippen molar-refractivity contribution in [1.29, 1.82) is 0 Å². The van der Waals surface area contributed by atoms with Crippen molar-refractivity contribution < 1.29 is 19.1 Å². The zero-order valence-electron chi connectivity index (χ0n) is 35.8. The molecule has 9 nitrogen and oxygen atoms in total. The number of nitrogens with one attached hydrogen (secondary N) is 1. The van der Waals surface area contributed by atoms with Gasteiger partial charge < -0.3 is 24.6 Å². The first-order valence-electron chi connectivity index (χ1n) is 22.6. The Morgan fingerprint density at radius 3 is 1.63 bits per heavy atom. The number of unbranched alkanes of at least 4 members (excludes halogenated alkanes) is 18. The Morgan fingerprint density at radius 2 is 1.04 bits per heavy atom. The van der Waals surface area contributed by atoms with E-state index in [-0.39, 0.29) is 23.5 Å². The van der Waals surface area contributed by atoms with Crippen LogP contribution in [-0.4, -0.2) is 69.8 Å². The van der Waals surface area contributed by atoms with Crippen molar-refractivity contribution in [2.45, 2.75) is 207 Å². The summed E-state index contributed by atoms with van der Waals surface area (Å²) in [5.74, 6) is -0.135. The van der Waals surface area contributed by atoms with Gasteiger partial charge in [0.2, 0.25) is 0 Å². The fourth-order valence-electron chi connectivity index (χ4n) is 7.04. The van der Waals surface area contributed by atoms with Gasteiger partial charge in [-0.15, -0.1) is 0 Å². The minimum absolute atomic E-state index is 0.0422. The van der Waals surface area contributed by atoms with Crippen molar-refractivity contribution in [3.8, 4) is 0 Å². The molecule has 1 atom stereocenters. The lowest BCUT2D eigenvalue weighted by Crippen LogP contribution is -2.43. The SMILES string of the molecule is CCCCCCCC(CCCCCC)OC(=O)CCCCCCCN(CCCCCCCC(=O)OCCCCC)c1c(NCCCCN(C)C)c(=O)c1=O. The summed E-state index contributed by atoms with van der Waals surface area (Å²) in [6.45, 7) is 10.3. The molecule has 1 rings (SSSR count). The van der Waals surface area contributed by atoms with E-state index in [1.54, 1.807) is 0 Å². The van der Waals surface area contributed by atoms with Gasteiger partial charge in [0.25, 0.3) is 10.9 Å². The Hall–Kier alpha value is -2.42. The van der Waals surface area contributed by atoms with Crippen LogP contribution in [0.2, 0.25) is 0 Å². The Labute approximate surface area is 330 Å². The van der Waals surface area contributed by atoms with E-state index in [0.29, 0.717) is 37.4 Å². The average Bonchev–Trinajstić information content (AvgIpc) is 3.15. The number of carbonyl (C=O) groups is 2. The molecule has 0 amide bonds. The lowest BCUT2D eigenvalue weighted by atomic mass is 10.0. The second kappa shape index (κ2) is 33.9. The normalized spacial score (nSPS) is 12.0. The van der Waals surface area contributed by atoms with Gasteiger partial charge in [-0.2, -0.15) is 0 Å². The number of anilines is 2. The smallest absolute Gasteiger partial charge is 0.306 e. The predicted molar refractivity (Wildman–Crippen MR) is 228 cm³/mol. The van der Waals surface area contributed by atoms with E-state index in [9.17, 15) is 19.2 Å². The molecule has 0 aromatic heterocycles. The molecule has 0 heterocycles. The van der Waals surface area contributed by atoms with Gasteiger partial charge in [-0.25, -0.2) is 0 Å². The number of carbonyl (C=O) groups excluding carboxylic acids is 2. The van der Waals surface area contributed by atoms with E-state index >= 15 is 0 Å². The summed E-state index contributed by atoms with van der Waals surface area (Å²) in [7, 11) is 4.11. The zero-order chi connectivity index (χ0) is 39.7. The molecule has 0 aliphatic heterocycles. The number of ether oxygens (including phenoxy) is 2. The fraction of sp³-hybridized carbons (Fsp3) is 0.867. The topological polar surface area (TPSA) is 105 Å². The van der Waals surface area contributed by atoms with Crippen LogP contribution in [0, 0.1) is 0 Å². The summed E-state index contributed by atoms with van der Waals surface area (Å²) in [5.41, 5.74) is 0.295. The Kier molecular flexibility index (Phi) is 31.1. The lowest BCUT2D eigenvalue weighted by Gasteiger charge is -2.28. The van der Waals surface area contributed by atoms with Crippen LogP contribution in [0.1, 0.15) is 201 Å². The monoisotopic (exact) mass is 762 g/mol. The summed E-state index contributed by atoms with van der Waals surface area (Å²) < 4.78 is 11.3. The molecule has 0 aliphatic carbocycles. The lowest BCUT2D eigenvalue weighted by molar-refractivity contribution is -0.150. The maximum atomic E-state index is 12.9. The third kappa shape index (κ3) is 24.9. The summed E-state index contributed by atoms with van der Waals surface area (Å²) >= 11 is 0. The standard InChI is InChI=1S/C45H83N3O6/c1-6-9-12-16-22-31-39(30-21-13-10-7-2)54-41(50)33-24-18-15-20-27-37-48(36-26-19-14-17-23-32-40(49)53-38-29-11-8-3)43-42(44(51)45(43)52)46-34-25-28-35-47(4)5/h39,46H,6-38H2,1-5H3. The Morgan fingerprint density at radius 1 is 0.556 bits per heavy atom. The van der Waals surface area contributed by atoms with Gasteiger partial charge in [0.1, 0.15) is 17.5 Å². The number of rotatable bonds is 39. The summed E-state index contributed by atoms with van der Waals surface area (Å²) in [6, 6.07) is 0. The van der Waals surface area contributed by atoms with Crippen molar-refractivity contribution in [3.63, 3.8) is 0 Å². The highest BCUT2D eigenvalue weighted by Crippen LogP contribution is 2.23. The fourth-order valence-corrected chi connectivity index (χ4v) is 7.04. The number of esters is 2. The molecule has 1 unspecified atom stereocenters. The van der Waals surface area contributed by atoms with Gasteiger partial charge in [-0.1, -0.05) is 117 Å². The molecule has 0 fully saturated rings. The van der Waals surface area contributed by atoms with E-state index in [0.717, 1.165) is 142 Å². The molecule has 1 N–H and O–H groups in total. The largest absolute Gasteiger partial charge is 0.466 e. The number of hydrogen-bond acceptors (Lipinski definition) is 9. The Bertz CT molecular complexity index is 1130. The molecule has 314 valence electrons. The van der Waals surface area contributed by atoms with Crippen LogP contribution >= 0.6 is 0 Å². The van der Waals surface area contributed by atoms with Crippen LogP contribution in [0.3, 0.4) is 0 Å². The van der Waals surface area contributed by atoms with Gasteiger partial charge >= 0.3 is 11.9 Å². The second-order valence-electron chi connectivity index (χ2n) is 15.9. The highest BCUT2D eigenvalue weighted by Gasteiger charge is 2.25. The van der Waals surface area contributed by atoms with Gasteiger partial charge in [0.15, 0.2) is 0 Å². The van der Waals surface area contributed by atoms with Crippen molar-refractivity contribution >= 4 is 23.3 Å². The van der Waals surface area contributed by atoms with E-state index in [2.05, 4.69) is 50.0 Å². The molecule has 9 heteroatoms. The molecule has 0 aliphatic rings. The molecular formula is C45H83N3O6. The van der Waals surface area contributed by atoms with Crippen molar-refractivity contribution in [2.24, 2.45) is 0 Å². The van der Waals surface area contributed by atoms with Crippen LogP contribution in [0.4, 0.5) is 11.4 Å². The minimum Gasteiger partial charge on any atom is -0.466 e. The maximum Gasteiger partial charge on any atom is 0.306 e. The first-order chi connectivity index (χ1) is 26.2. The highest BCUT2D eigenvalue weighted by atomic mass is 16.5. The summed E-state index contributed by atoms with van der Waals surface area (Å²) in [6.07, 6.45) is 28.7. The molecule has 1 aromatic carbocycles. The summed E-state index contributed by atoms with van der Waals surface area (Å²) in [5, 5.41) is 3.29. The van der Waals surface area contributed by atoms with Crippen molar-refractivity contribution in [2.75, 3.05) is 57.1 Å². The van der Waals surface area contributed by atoms with Gasteiger partial charge in [-0.05, 0) is 91.3 Å². The van der Waals surface area contributed by atoms with Crippen molar-refractivity contribution in [1.82, 2.24) is 4.90 Å². The Balaban J connectivity index is 2.54. The van der Waals surface area contributed by atoms with Gasteiger partial charge in [0.05, 0.1) is 6.61 Å². The third-order valence-corrected chi connectivity index (χ3v) is 10.5. The van der Waals surface area contributed by atoms with Crippen LogP contribution in [-0.2, 0) is 19.1 Å². The van der Waals surface area contributed by atoms with Crippen LogP contribution in [0.25, 0.3) is 0 Å². The number of hydrogen-bond donors (Lipinski definition) is 1. The molecule has 0 spiro atoms. The van der Waals surface area contributed by atoms with Crippen LogP contribution in [0.15, 0.2) is 9.59 Å². The molecule has 0 saturated carbocycles. The molecule has 0 bridgehead atoms. The van der Waals surface area contributed by atoms with Gasteiger partial charge in [0, 0.05) is 32.5 Å². The molecule has 0 radical (unpaired) electrons. The summed E-state index contributed by atoms with van der Waals surface area (Å²) in [4.78, 5) is 54.5. The van der Waals surface area contributed by atoms with E-state index in [1.807, 2.05) is 0 Å². The molecule has 54 heavy (non-hydrogen) atoms. The minimum atomic E-state index is -0.393. The van der Waals surface area contributed by atoms with Crippen molar-refractivity contribution in [3.05, 3.63) is 20.4 Å².